The standard InChI is InChI=1S/C20H23F2N3O3S/c1-2-28-19(27)5-6-24-11-16(10-23-12-26)25(20(24)29)15-3-4-17-13(8-15)7-14(21)9-18(17)22/h7,9,11-12,15H,2-6,8,10H2,1H3,(H,23,26). The summed E-state index contributed by atoms with van der Waals surface area (Å²) in [5.74, 6) is -1.43. The average Bonchev–Trinajstić information content (AvgIpc) is 2.99. The number of benzene rings is 1. The van der Waals surface area contributed by atoms with E-state index in [4.69, 9.17) is 17.0 Å². The van der Waals surface area contributed by atoms with Gasteiger partial charge in [-0.1, -0.05) is 0 Å². The van der Waals surface area contributed by atoms with Gasteiger partial charge in [-0.15, -0.1) is 0 Å². The number of carbonyl (C=O) groups excluding carboxylic acids is 2. The van der Waals surface area contributed by atoms with Crippen LogP contribution in [0.25, 0.3) is 0 Å². The third kappa shape index (κ3) is 4.72. The van der Waals surface area contributed by atoms with Crippen molar-refractivity contribution in [1.29, 1.82) is 0 Å². The minimum Gasteiger partial charge on any atom is -0.466 e. The van der Waals surface area contributed by atoms with E-state index in [-0.39, 0.29) is 25.0 Å². The first-order chi connectivity index (χ1) is 13.9. The van der Waals surface area contributed by atoms with Crippen LogP contribution in [0, 0.1) is 16.4 Å². The molecule has 9 heteroatoms. The minimum atomic E-state index is -0.597. The van der Waals surface area contributed by atoms with Gasteiger partial charge in [0, 0.05) is 24.8 Å². The van der Waals surface area contributed by atoms with E-state index in [2.05, 4.69) is 5.32 Å². The lowest BCUT2D eigenvalue weighted by molar-refractivity contribution is -0.143. The second-order valence-corrected chi connectivity index (χ2v) is 7.31. The van der Waals surface area contributed by atoms with E-state index >= 15 is 0 Å². The topological polar surface area (TPSA) is 65.3 Å². The number of aryl methyl sites for hydroxylation is 1. The SMILES string of the molecule is CCOC(=O)CCn1cc(CNC=O)n(C2CCc3c(F)cc(F)cc3C2)c1=S. The van der Waals surface area contributed by atoms with Gasteiger partial charge in [-0.05, 0) is 55.6 Å². The monoisotopic (exact) mass is 423 g/mol. The van der Waals surface area contributed by atoms with Crippen LogP contribution in [0.15, 0.2) is 18.3 Å². The number of halogens is 2. The Balaban J connectivity index is 1.89. The van der Waals surface area contributed by atoms with Crippen LogP contribution in [-0.4, -0.2) is 28.1 Å². The van der Waals surface area contributed by atoms with Crippen molar-refractivity contribution in [3.63, 3.8) is 0 Å². The number of rotatable bonds is 8. The summed E-state index contributed by atoms with van der Waals surface area (Å²) in [6.07, 6.45) is 4.14. The van der Waals surface area contributed by atoms with Gasteiger partial charge in [-0.3, -0.25) is 9.59 Å². The van der Waals surface area contributed by atoms with Gasteiger partial charge in [0.15, 0.2) is 4.77 Å². The van der Waals surface area contributed by atoms with Gasteiger partial charge in [0.25, 0.3) is 0 Å². The lowest BCUT2D eigenvalue weighted by Gasteiger charge is -2.27. The maximum absolute atomic E-state index is 14.1. The minimum absolute atomic E-state index is 0.0940. The number of carbonyl (C=O) groups is 2. The van der Waals surface area contributed by atoms with Gasteiger partial charge in [-0.25, -0.2) is 8.78 Å². The quantitative estimate of drug-likeness (QED) is 0.402. The molecule has 2 aromatic rings. The van der Waals surface area contributed by atoms with Gasteiger partial charge in [0.1, 0.15) is 11.6 Å². The Morgan fingerprint density at radius 2 is 2.21 bits per heavy atom. The maximum Gasteiger partial charge on any atom is 0.307 e. The van der Waals surface area contributed by atoms with Crippen LogP contribution in [-0.2, 0) is 40.3 Å². The maximum atomic E-state index is 14.1. The normalized spacial score (nSPS) is 15.6. The van der Waals surface area contributed by atoms with Crippen molar-refractivity contribution in [3.8, 4) is 0 Å². The largest absolute Gasteiger partial charge is 0.466 e. The third-order valence-corrected chi connectivity index (χ3v) is 5.53. The number of fused-ring (bicyclic) bond motifs is 1. The second kappa shape index (κ2) is 9.30. The predicted molar refractivity (Wildman–Crippen MR) is 105 cm³/mol. The Labute approximate surface area is 172 Å². The number of nitrogens with one attached hydrogen (secondary N) is 1. The van der Waals surface area contributed by atoms with Gasteiger partial charge in [-0.2, -0.15) is 0 Å². The smallest absolute Gasteiger partial charge is 0.307 e. The van der Waals surface area contributed by atoms with E-state index in [0.717, 1.165) is 11.8 Å². The molecule has 1 atom stereocenters. The van der Waals surface area contributed by atoms with Crippen LogP contribution < -0.4 is 5.32 Å². The van der Waals surface area contributed by atoms with Gasteiger partial charge >= 0.3 is 5.97 Å². The summed E-state index contributed by atoms with van der Waals surface area (Å²) in [6.45, 7) is 2.68. The molecule has 1 aliphatic carbocycles. The van der Waals surface area contributed by atoms with E-state index in [9.17, 15) is 18.4 Å². The van der Waals surface area contributed by atoms with Crippen LogP contribution in [0.4, 0.5) is 8.78 Å². The molecule has 0 bridgehead atoms. The molecule has 1 aromatic heterocycles. The van der Waals surface area contributed by atoms with Gasteiger partial charge in [0.05, 0.1) is 25.3 Å². The highest BCUT2D eigenvalue weighted by molar-refractivity contribution is 7.71. The number of esters is 1. The summed E-state index contributed by atoms with van der Waals surface area (Å²) in [5.41, 5.74) is 1.95. The molecule has 0 spiro atoms. The summed E-state index contributed by atoms with van der Waals surface area (Å²) in [7, 11) is 0. The van der Waals surface area contributed by atoms with Crippen LogP contribution >= 0.6 is 12.2 Å². The van der Waals surface area contributed by atoms with E-state index in [1.807, 2.05) is 4.57 Å². The molecule has 1 unspecified atom stereocenters. The number of ether oxygens (including phenoxy) is 1. The Hall–Kier alpha value is -2.55. The molecule has 6 nitrogen and oxygen atoms in total. The highest BCUT2D eigenvalue weighted by Crippen LogP contribution is 2.32. The molecule has 156 valence electrons. The van der Waals surface area contributed by atoms with Crippen molar-refractivity contribution in [2.45, 2.75) is 51.7 Å². The number of hydrogen-bond acceptors (Lipinski definition) is 4. The lowest BCUT2D eigenvalue weighted by Crippen LogP contribution is -2.23. The van der Waals surface area contributed by atoms with Gasteiger partial charge in [0.2, 0.25) is 6.41 Å². The van der Waals surface area contributed by atoms with E-state index in [1.54, 1.807) is 17.7 Å². The first-order valence-electron chi connectivity index (χ1n) is 9.54. The fourth-order valence-electron chi connectivity index (χ4n) is 3.84. The summed E-state index contributed by atoms with van der Waals surface area (Å²) in [4.78, 5) is 22.5. The Morgan fingerprint density at radius 3 is 2.93 bits per heavy atom. The number of aromatic nitrogens is 2. The Bertz CT molecular complexity index is 971. The van der Waals surface area contributed by atoms with Crippen LogP contribution in [0.3, 0.4) is 0 Å². The highest BCUT2D eigenvalue weighted by atomic mass is 32.1. The fourth-order valence-corrected chi connectivity index (χ4v) is 4.25. The molecule has 1 aliphatic rings. The Kier molecular flexibility index (Phi) is 6.79. The fraction of sp³-hybridized carbons (Fsp3) is 0.450. The Morgan fingerprint density at radius 1 is 1.41 bits per heavy atom. The average molecular weight is 423 g/mol. The second-order valence-electron chi connectivity index (χ2n) is 6.94. The van der Waals surface area contributed by atoms with E-state index in [1.165, 1.54) is 6.07 Å². The van der Waals surface area contributed by atoms with E-state index in [0.29, 0.717) is 54.7 Å². The molecule has 1 amide bonds. The lowest BCUT2D eigenvalue weighted by atomic mass is 9.87. The van der Waals surface area contributed by atoms with Crippen molar-refractivity contribution >= 4 is 24.6 Å². The molecule has 0 aliphatic heterocycles. The number of amides is 1. The first kappa shape index (κ1) is 21.2. The van der Waals surface area contributed by atoms with Crippen molar-refractivity contribution in [1.82, 2.24) is 14.5 Å². The number of imidazole rings is 1. The number of nitrogens with zero attached hydrogens (tertiary/aromatic N) is 2. The van der Waals surface area contributed by atoms with Crippen LogP contribution in [0.1, 0.15) is 42.6 Å². The predicted octanol–water partition coefficient (Wildman–Crippen LogP) is 3.23. The molecule has 29 heavy (non-hydrogen) atoms. The molecule has 1 heterocycles. The first-order valence-corrected chi connectivity index (χ1v) is 9.95. The zero-order valence-corrected chi connectivity index (χ0v) is 16.9. The zero-order chi connectivity index (χ0) is 21.0. The molecule has 1 aromatic carbocycles. The molecule has 0 fully saturated rings. The van der Waals surface area contributed by atoms with Crippen molar-refractivity contribution in [2.24, 2.45) is 0 Å². The summed E-state index contributed by atoms with van der Waals surface area (Å²) < 4.78 is 36.9. The highest BCUT2D eigenvalue weighted by Gasteiger charge is 2.26. The summed E-state index contributed by atoms with van der Waals surface area (Å²) in [6, 6.07) is 2.19. The molecule has 0 saturated carbocycles. The molecular weight excluding hydrogens is 400 g/mol. The molecule has 3 rings (SSSR count). The number of hydrogen-bond donors (Lipinski definition) is 1. The zero-order valence-electron chi connectivity index (χ0n) is 16.1. The molecule has 0 radical (unpaired) electrons. The van der Waals surface area contributed by atoms with Gasteiger partial charge < -0.3 is 19.2 Å². The van der Waals surface area contributed by atoms with Crippen molar-refractivity contribution in [3.05, 3.63) is 51.6 Å². The summed E-state index contributed by atoms with van der Waals surface area (Å²) in [5, 5.41) is 2.63. The van der Waals surface area contributed by atoms with Crippen LogP contribution in [0.2, 0.25) is 0 Å². The molecule has 0 saturated heterocycles. The van der Waals surface area contributed by atoms with Crippen molar-refractivity contribution < 1.29 is 23.1 Å². The van der Waals surface area contributed by atoms with E-state index < -0.39 is 11.6 Å². The van der Waals surface area contributed by atoms with Crippen LogP contribution in [0.5, 0.6) is 0 Å². The van der Waals surface area contributed by atoms with Crippen molar-refractivity contribution in [2.75, 3.05) is 6.61 Å². The molecule has 1 N–H and O–H groups in total. The summed E-state index contributed by atoms with van der Waals surface area (Å²) >= 11 is 5.62. The molecular formula is C20H23F2N3O3S. The third-order valence-electron chi connectivity index (χ3n) is 5.10.